The molecule has 0 radical (unpaired) electrons. The first-order valence-corrected chi connectivity index (χ1v) is 4.55. The molecule has 1 N–H and O–H groups in total. The normalized spacial score (nSPS) is 13.3. The largest absolute Gasteiger partial charge is 0.427 e. The van der Waals surface area contributed by atoms with E-state index in [2.05, 4.69) is 17.9 Å². The maximum Gasteiger partial charge on any atom is 0.393 e. The summed E-state index contributed by atoms with van der Waals surface area (Å²) in [5.74, 6) is -2.65. The van der Waals surface area contributed by atoms with Crippen molar-refractivity contribution >= 4 is 5.97 Å². The van der Waals surface area contributed by atoms with Crippen LogP contribution in [0.15, 0.2) is 55.6 Å². The first-order valence-electron chi connectivity index (χ1n) is 4.55. The van der Waals surface area contributed by atoms with Gasteiger partial charge in [-0.25, -0.2) is 4.79 Å². The van der Waals surface area contributed by atoms with Gasteiger partial charge in [0.25, 0.3) is 0 Å². The number of hydrogen-bond donors (Lipinski definition) is 1. The van der Waals surface area contributed by atoms with Crippen LogP contribution in [0.1, 0.15) is 0 Å². The van der Waals surface area contributed by atoms with Crippen molar-refractivity contribution in [2.45, 2.75) is 5.97 Å². The number of benzene rings is 1. The summed E-state index contributed by atoms with van der Waals surface area (Å²) >= 11 is 0. The minimum atomic E-state index is -2.19. The lowest BCUT2D eigenvalue weighted by atomic mass is 10.3. The van der Waals surface area contributed by atoms with Crippen LogP contribution < -0.4 is 4.74 Å². The molecule has 4 heteroatoms. The van der Waals surface area contributed by atoms with Crippen LogP contribution in [0.2, 0.25) is 0 Å². The third-order valence-corrected chi connectivity index (χ3v) is 1.68. The number of hydrogen-bond acceptors (Lipinski definition) is 4. The van der Waals surface area contributed by atoms with Crippen molar-refractivity contribution in [3.05, 3.63) is 55.6 Å². The topological polar surface area (TPSA) is 55.8 Å². The number of esters is 1. The zero-order valence-electron chi connectivity index (χ0n) is 8.63. The number of para-hydroxylation sites is 1. The lowest BCUT2D eigenvalue weighted by Gasteiger charge is -2.23. The lowest BCUT2D eigenvalue weighted by Crippen LogP contribution is -2.38. The fraction of sp³-hybridized carbons (Fsp3) is 0.0833. The molecule has 1 unspecified atom stereocenters. The van der Waals surface area contributed by atoms with Crippen molar-refractivity contribution in [3.8, 4) is 5.75 Å². The average Bonchev–Trinajstić information content (AvgIpc) is 2.30. The third kappa shape index (κ3) is 3.25. The Morgan fingerprint density at radius 2 is 1.94 bits per heavy atom. The smallest absolute Gasteiger partial charge is 0.393 e. The van der Waals surface area contributed by atoms with Gasteiger partial charge in [-0.2, -0.15) is 0 Å². The van der Waals surface area contributed by atoms with Gasteiger partial charge < -0.3 is 14.6 Å². The Kier molecular flexibility index (Phi) is 3.85. The maximum absolute atomic E-state index is 10.9. The Labute approximate surface area is 93.4 Å². The van der Waals surface area contributed by atoms with E-state index in [0.717, 1.165) is 12.2 Å². The summed E-state index contributed by atoms with van der Waals surface area (Å²) < 4.78 is 9.67. The molecular weight excluding hydrogens is 208 g/mol. The molecular formula is C12H12O4. The van der Waals surface area contributed by atoms with Crippen LogP contribution in [0.25, 0.3) is 0 Å². The Morgan fingerprint density at radius 1 is 1.31 bits per heavy atom. The van der Waals surface area contributed by atoms with Gasteiger partial charge in [0.15, 0.2) is 0 Å². The van der Waals surface area contributed by atoms with Crippen LogP contribution in [0.5, 0.6) is 5.75 Å². The quantitative estimate of drug-likeness (QED) is 0.354. The molecule has 1 aromatic carbocycles. The van der Waals surface area contributed by atoms with Crippen molar-refractivity contribution < 1.29 is 19.4 Å². The van der Waals surface area contributed by atoms with Crippen LogP contribution in [-0.4, -0.2) is 17.0 Å². The molecule has 0 aliphatic heterocycles. The van der Waals surface area contributed by atoms with Crippen molar-refractivity contribution in [1.82, 2.24) is 0 Å². The summed E-state index contributed by atoms with van der Waals surface area (Å²) in [5.41, 5.74) is 0. The highest BCUT2D eigenvalue weighted by Crippen LogP contribution is 2.18. The molecule has 0 aromatic heterocycles. The van der Waals surface area contributed by atoms with Crippen molar-refractivity contribution in [3.63, 3.8) is 0 Å². The highest BCUT2D eigenvalue weighted by molar-refractivity contribution is 5.81. The van der Waals surface area contributed by atoms with Crippen molar-refractivity contribution in [2.75, 3.05) is 0 Å². The average molecular weight is 220 g/mol. The molecule has 0 bridgehead atoms. The van der Waals surface area contributed by atoms with Crippen LogP contribution in [0.4, 0.5) is 0 Å². The lowest BCUT2D eigenvalue weighted by molar-refractivity contribution is -0.267. The van der Waals surface area contributed by atoms with Gasteiger partial charge in [-0.15, -0.1) is 0 Å². The molecule has 0 aliphatic carbocycles. The van der Waals surface area contributed by atoms with Gasteiger partial charge in [0.2, 0.25) is 0 Å². The molecule has 0 heterocycles. The predicted molar refractivity (Wildman–Crippen MR) is 58.5 cm³/mol. The Hall–Kier alpha value is -2.07. The molecule has 0 saturated heterocycles. The van der Waals surface area contributed by atoms with E-state index in [1.165, 1.54) is 0 Å². The van der Waals surface area contributed by atoms with Crippen LogP contribution in [-0.2, 0) is 9.53 Å². The second-order valence-electron chi connectivity index (χ2n) is 2.88. The standard InChI is InChI=1S/C12H12O4/c1-3-11(13)16-12(14,4-2)15-10-8-6-5-7-9-10/h3-9,14H,1-2H2. The molecule has 16 heavy (non-hydrogen) atoms. The minimum absolute atomic E-state index is 0.349. The summed E-state index contributed by atoms with van der Waals surface area (Å²) in [6.07, 6.45) is 1.89. The molecule has 1 rings (SSSR count). The molecule has 0 spiro atoms. The number of carbonyl (C=O) groups is 1. The van der Waals surface area contributed by atoms with E-state index in [-0.39, 0.29) is 0 Å². The van der Waals surface area contributed by atoms with E-state index < -0.39 is 11.9 Å². The van der Waals surface area contributed by atoms with E-state index in [1.807, 2.05) is 0 Å². The molecule has 1 aromatic rings. The molecule has 4 nitrogen and oxygen atoms in total. The summed E-state index contributed by atoms with van der Waals surface area (Å²) in [4.78, 5) is 10.9. The first kappa shape index (κ1) is 12.0. The number of carbonyl (C=O) groups excluding carboxylic acids is 1. The molecule has 0 aliphatic rings. The number of rotatable bonds is 5. The van der Waals surface area contributed by atoms with Crippen LogP contribution in [0, 0.1) is 0 Å². The SMILES string of the molecule is C=CC(=O)OC(O)(C=C)Oc1ccccc1. The Morgan fingerprint density at radius 3 is 2.44 bits per heavy atom. The Balaban J connectivity index is 2.77. The minimum Gasteiger partial charge on any atom is -0.427 e. The molecule has 0 saturated carbocycles. The molecule has 0 amide bonds. The van der Waals surface area contributed by atoms with E-state index in [9.17, 15) is 9.90 Å². The van der Waals surface area contributed by atoms with E-state index in [4.69, 9.17) is 4.74 Å². The van der Waals surface area contributed by atoms with Gasteiger partial charge in [0, 0.05) is 12.2 Å². The van der Waals surface area contributed by atoms with E-state index in [0.29, 0.717) is 5.75 Å². The number of aliphatic hydroxyl groups is 1. The van der Waals surface area contributed by atoms with Gasteiger partial charge in [-0.3, -0.25) is 0 Å². The van der Waals surface area contributed by atoms with Crippen LogP contribution in [0.3, 0.4) is 0 Å². The van der Waals surface area contributed by atoms with E-state index in [1.54, 1.807) is 30.3 Å². The maximum atomic E-state index is 10.9. The fourth-order valence-corrected chi connectivity index (χ4v) is 0.947. The van der Waals surface area contributed by atoms with Crippen molar-refractivity contribution in [2.24, 2.45) is 0 Å². The summed E-state index contributed by atoms with van der Waals surface area (Å²) in [5, 5.41) is 9.74. The zero-order valence-corrected chi connectivity index (χ0v) is 8.63. The highest BCUT2D eigenvalue weighted by atomic mass is 16.8. The van der Waals surface area contributed by atoms with Gasteiger partial charge in [0.1, 0.15) is 5.75 Å². The predicted octanol–water partition coefficient (Wildman–Crippen LogP) is 1.63. The zero-order chi connectivity index (χ0) is 12.0. The monoisotopic (exact) mass is 220 g/mol. The van der Waals surface area contributed by atoms with Crippen LogP contribution >= 0.6 is 0 Å². The van der Waals surface area contributed by atoms with Gasteiger partial charge in [-0.1, -0.05) is 31.4 Å². The summed E-state index contributed by atoms with van der Waals surface area (Å²) in [6, 6.07) is 8.43. The summed E-state index contributed by atoms with van der Waals surface area (Å²) in [7, 11) is 0. The Bertz CT molecular complexity index is 385. The third-order valence-electron chi connectivity index (χ3n) is 1.68. The van der Waals surface area contributed by atoms with Gasteiger partial charge in [0.05, 0.1) is 0 Å². The second-order valence-corrected chi connectivity index (χ2v) is 2.88. The van der Waals surface area contributed by atoms with E-state index >= 15 is 0 Å². The highest BCUT2D eigenvalue weighted by Gasteiger charge is 2.29. The number of ether oxygens (including phenoxy) is 2. The second kappa shape index (κ2) is 5.14. The molecule has 84 valence electrons. The summed E-state index contributed by atoms with van der Waals surface area (Å²) in [6.45, 7) is 6.54. The molecule has 1 atom stereocenters. The van der Waals surface area contributed by atoms with Gasteiger partial charge in [-0.05, 0) is 12.1 Å². The van der Waals surface area contributed by atoms with Gasteiger partial charge >= 0.3 is 11.9 Å². The fourth-order valence-electron chi connectivity index (χ4n) is 0.947. The first-order chi connectivity index (χ1) is 7.59. The van der Waals surface area contributed by atoms with Crippen molar-refractivity contribution in [1.29, 1.82) is 0 Å². The molecule has 0 fully saturated rings.